The number of ether oxygens (including phenoxy) is 2. The summed E-state index contributed by atoms with van der Waals surface area (Å²) in [5.41, 5.74) is 0.413. The third-order valence-corrected chi connectivity index (χ3v) is 6.20. The van der Waals surface area contributed by atoms with Gasteiger partial charge in [-0.3, -0.25) is 9.69 Å². The summed E-state index contributed by atoms with van der Waals surface area (Å²) in [4.78, 5) is 14.8. The summed E-state index contributed by atoms with van der Waals surface area (Å²) in [6.45, 7) is 3.71. The Hall–Kier alpha value is -2.50. The molecule has 3 heterocycles. The number of morpholine rings is 1. The normalized spacial score (nSPS) is 21.2. The number of benzene rings is 1. The fraction of sp³-hybridized carbons (Fsp3) is 0.524. The summed E-state index contributed by atoms with van der Waals surface area (Å²) in [5.74, 6) is -0.0377. The van der Waals surface area contributed by atoms with Gasteiger partial charge in [-0.25, -0.2) is 4.68 Å². The van der Waals surface area contributed by atoms with Gasteiger partial charge in [-0.2, -0.15) is 18.3 Å². The van der Waals surface area contributed by atoms with Crippen molar-refractivity contribution in [2.45, 2.75) is 24.7 Å². The number of halogens is 4. The molecule has 1 fully saturated rings. The molecule has 2 N–H and O–H groups in total. The van der Waals surface area contributed by atoms with E-state index in [0.717, 1.165) is 17.8 Å². The van der Waals surface area contributed by atoms with Gasteiger partial charge in [-0.05, 0) is 17.7 Å². The molecular weight excluding hydrogens is 463 g/mol. The number of anilines is 1. The lowest BCUT2D eigenvalue weighted by molar-refractivity contribution is -0.173. The standard InChI is InChI=1S/C21H25ClF3N5O3/c1-32-14-4-2-13(3-5-14)15-12-16(21(23,24)25)30-19(27-15)17(22)18(28-30)20(31)26-6-7-29-8-10-33-11-9-29/h2-5,15-16,27H,6-12H2,1H3,(H,26,31)/t15-,16+/m0/s1. The van der Waals surface area contributed by atoms with Crippen LogP contribution in [0.15, 0.2) is 24.3 Å². The lowest BCUT2D eigenvalue weighted by Crippen LogP contribution is -2.41. The zero-order valence-electron chi connectivity index (χ0n) is 18.0. The average Bonchev–Trinajstić information content (AvgIpc) is 3.15. The van der Waals surface area contributed by atoms with E-state index < -0.39 is 24.2 Å². The molecule has 0 saturated carbocycles. The highest BCUT2D eigenvalue weighted by Crippen LogP contribution is 2.46. The maximum absolute atomic E-state index is 13.9. The molecule has 1 amide bonds. The molecule has 2 atom stereocenters. The highest BCUT2D eigenvalue weighted by atomic mass is 35.5. The van der Waals surface area contributed by atoms with Crippen LogP contribution >= 0.6 is 11.6 Å². The van der Waals surface area contributed by atoms with Crippen LogP contribution in [0.1, 0.15) is 34.6 Å². The number of carbonyl (C=O) groups excluding carboxylic acids is 1. The fourth-order valence-electron chi connectivity index (χ4n) is 4.03. The van der Waals surface area contributed by atoms with Crippen molar-refractivity contribution >= 4 is 23.3 Å². The van der Waals surface area contributed by atoms with Crippen LogP contribution in [0.2, 0.25) is 5.02 Å². The predicted octanol–water partition coefficient (Wildman–Crippen LogP) is 3.27. The Kier molecular flexibility index (Phi) is 7.01. The second-order valence-electron chi connectivity index (χ2n) is 7.93. The van der Waals surface area contributed by atoms with Crippen LogP contribution in [0.3, 0.4) is 0 Å². The monoisotopic (exact) mass is 487 g/mol. The van der Waals surface area contributed by atoms with Gasteiger partial charge in [0, 0.05) is 32.6 Å². The smallest absolute Gasteiger partial charge is 0.410 e. The maximum atomic E-state index is 13.9. The Morgan fingerprint density at radius 1 is 1.30 bits per heavy atom. The lowest BCUT2D eigenvalue weighted by Gasteiger charge is -2.33. The Bertz CT molecular complexity index is 977. The topological polar surface area (TPSA) is 80.7 Å². The molecule has 2 aliphatic rings. The molecule has 2 aliphatic heterocycles. The van der Waals surface area contributed by atoms with E-state index in [2.05, 4.69) is 20.6 Å². The van der Waals surface area contributed by atoms with Gasteiger partial charge in [0.2, 0.25) is 0 Å². The predicted molar refractivity (Wildman–Crippen MR) is 116 cm³/mol. The molecule has 0 bridgehead atoms. The Balaban J connectivity index is 1.53. The Morgan fingerprint density at radius 3 is 2.64 bits per heavy atom. The highest BCUT2D eigenvalue weighted by Gasteiger charge is 2.47. The number of alkyl halides is 3. The molecule has 0 aliphatic carbocycles. The number of hydrogen-bond donors (Lipinski definition) is 2. The van der Waals surface area contributed by atoms with Crippen LogP contribution < -0.4 is 15.4 Å². The van der Waals surface area contributed by atoms with Crippen molar-refractivity contribution in [3.05, 3.63) is 40.5 Å². The molecule has 1 aromatic carbocycles. The summed E-state index contributed by atoms with van der Waals surface area (Å²) < 4.78 is 52.9. The minimum absolute atomic E-state index is 0.0237. The molecule has 0 unspecified atom stereocenters. The van der Waals surface area contributed by atoms with Crippen molar-refractivity contribution in [2.24, 2.45) is 0 Å². The first-order chi connectivity index (χ1) is 15.8. The van der Waals surface area contributed by atoms with Crippen molar-refractivity contribution in [1.29, 1.82) is 0 Å². The molecular formula is C21H25ClF3N5O3. The quantitative estimate of drug-likeness (QED) is 0.651. The minimum atomic E-state index is -4.57. The number of hydrogen-bond acceptors (Lipinski definition) is 6. The molecule has 180 valence electrons. The van der Waals surface area contributed by atoms with E-state index in [1.54, 1.807) is 24.3 Å². The number of amides is 1. The van der Waals surface area contributed by atoms with E-state index in [1.165, 1.54) is 7.11 Å². The maximum Gasteiger partial charge on any atom is 0.410 e. The molecule has 1 saturated heterocycles. The van der Waals surface area contributed by atoms with Crippen molar-refractivity contribution in [2.75, 3.05) is 51.8 Å². The number of nitrogens with one attached hydrogen (secondary N) is 2. The van der Waals surface area contributed by atoms with Gasteiger partial charge in [-0.1, -0.05) is 23.7 Å². The number of methoxy groups -OCH3 is 1. The average molecular weight is 488 g/mol. The van der Waals surface area contributed by atoms with E-state index >= 15 is 0 Å². The van der Waals surface area contributed by atoms with E-state index in [-0.39, 0.29) is 23.0 Å². The highest BCUT2D eigenvalue weighted by molar-refractivity contribution is 6.36. The molecule has 2 aromatic rings. The van der Waals surface area contributed by atoms with Crippen LogP contribution in [-0.4, -0.2) is 73.3 Å². The van der Waals surface area contributed by atoms with Crippen LogP contribution in [0.5, 0.6) is 5.75 Å². The number of aromatic nitrogens is 2. The van der Waals surface area contributed by atoms with Gasteiger partial charge in [-0.15, -0.1) is 0 Å². The van der Waals surface area contributed by atoms with Gasteiger partial charge in [0.1, 0.15) is 16.6 Å². The first kappa shape index (κ1) is 23.7. The van der Waals surface area contributed by atoms with Crippen LogP contribution in [-0.2, 0) is 4.74 Å². The zero-order chi connectivity index (χ0) is 23.6. The van der Waals surface area contributed by atoms with Crippen molar-refractivity contribution in [3.8, 4) is 5.75 Å². The van der Waals surface area contributed by atoms with Gasteiger partial charge in [0.15, 0.2) is 11.7 Å². The third-order valence-electron chi connectivity index (χ3n) is 5.85. The first-order valence-corrected chi connectivity index (χ1v) is 11.0. The van der Waals surface area contributed by atoms with E-state index in [4.69, 9.17) is 21.1 Å². The first-order valence-electron chi connectivity index (χ1n) is 10.6. The number of fused-ring (bicyclic) bond motifs is 1. The van der Waals surface area contributed by atoms with Crippen molar-refractivity contribution in [3.63, 3.8) is 0 Å². The van der Waals surface area contributed by atoms with Crippen molar-refractivity contribution < 1.29 is 27.4 Å². The van der Waals surface area contributed by atoms with Gasteiger partial charge >= 0.3 is 6.18 Å². The second kappa shape index (κ2) is 9.78. The molecule has 0 radical (unpaired) electrons. The second-order valence-corrected chi connectivity index (χ2v) is 8.31. The van der Waals surface area contributed by atoms with E-state index in [1.807, 2.05) is 0 Å². The number of carbonyl (C=O) groups is 1. The lowest BCUT2D eigenvalue weighted by atomic mass is 9.97. The van der Waals surface area contributed by atoms with Crippen LogP contribution in [0.4, 0.5) is 19.0 Å². The molecule has 0 spiro atoms. The van der Waals surface area contributed by atoms with Crippen molar-refractivity contribution in [1.82, 2.24) is 20.0 Å². The fourth-order valence-corrected chi connectivity index (χ4v) is 4.29. The number of nitrogens with zero attached hydrogens (tertiary/aromatic N) is 3. The minimum Gasteiger partial charge on any atom is -0.497 e. The van der Waals surface area contributed by atoms with Gasteiger partial charge < -0.3 is 20.1 Å². The molecule has 1 aromatic heterocycles. The molecule has 8 nitrogen and oxygen atoms in total. The summed E-state index contributed by atoms with van der Waals surface area (Å²) in [6.07, 6.45) is -4.86. The zero-order valence-corrected chi connectivity index (χ0v) is 18.7. The summed E-state index contributed by atoms with van der Waals surface area (Å²) in [6, 6.07) is 4.17. The number of rotatable bonds is 6. The van der Waals surface area contributed by atoms with Gasteiger partial charge in [0.25, 0.3) is 5.91 Å². The third kappa shape index (κ3) is 5.20. The largest absolute Gasteiger partial charge is 0.497 e. The molecule has 4 rings (SSSR count). The van der Waals surface area contributed by atoms with E-state index in [9.17, 15) is 18.0 Å². The molecule has 12 heteroatoms. The Labute approximate surface area is 194 Å². The summed E-state index contributed by atoms with van der Waals surface area (Å²) in [5, 5.41) is 9.55. The summed E-state index contributed by atoms with van der Waals surface area (Å²) >= 11 is 6.36. The SMILES string of the molecule is COc1ccc([C@@H]2C[C@H](C(F)(F)F)n3nc(C(=O)NCCN4CCOCC4)c(Cl)c3N2)cc1. The van der Waals surface area contributed by atoms with Gasteiger partial charge in [0.05, 0.1) is 26.4 Å². The summed E-state index contributed by atoms with van der Waals surface area (Å²) in [7, 11) is 1.51. The Morgan fingerprint density at radius 2 is 2.00 bits per heavy atom. The van der Waals surface area contributed by atoms with Crippen LogP contribution in [0.25, 0.3) is 0 Å². The van der Waals surface area contributed by atoms with E-state index in [0.29, 0.717) is 37.6 Å². The van der Waals surface area contributed by atoms with Crippen LogP contribution in [0, 0.1) is 0 Å². The molecule has 33 heavy (non-hydrogen) atoms.